The first-order valence-electron chi connectivity index (χ1n) is 8.37. The molecule has 0 N–H and O–H groups in total. The third-order valence-electron chi connectivity index (χ3n) is 3.87. The summed E-state index contributed by atoms with van der Waals surface area (Å²) in [6.45, 7) is 0.00615. The number of methoxy groups -OCH3 is 2. The van der Waals surface area contributed by atoms with Crippen molar-refractivity contribution in [1.29, 1.82) is 0 Å². The number of benzene rings is 2. The smallest absolute Gasteiger partial charge is 0.331 e. The van der Waals surface area contributed by atoms with Gasteiger partial charge in [0.05, 0.1) is 14.2 Å². The molecule has 144 valence electrons. The summed E-state index contributed by atoms with van der Waals surface area (Å²) in [6.07, 6.45) is 2.97. The van der Waals surface area contributed by atoms with Crippen molar-refractivity contribution in [3.8, 4) is 22.8 Å². The number of nitrogens with zero attached hydrogens (tertiary/aromatic N) is 1. The van der Waals surface area contributed by atoms with Gasteiger partial charge in [0.1, 0.15) is 12.3 Å². The number of carbonyl (C=O) groups is 1. The topological polar surface area (TPSA) is 70.8 Å². The zero-order chi connectivity index (χ0) is 19.9. The molecule has 0 aliphatic heterocycles. The van der Waals surface area contributed by atoms with Gasteiger partial charge in [0.25, 0.3) is 0 Å². The molecule has 3 rings (SSSR count). The lowest BCUT2D eigenvalue weighted by Gasteiger charge is -2.07. The molecular weight excluding hydrogens is 382 g/mol. The van der Waals surface area contributed by atoms with Crippen LogP contribution in [0.25, 0.3) is 17.4 Å². The molecule has 0 bridgehead atoms. The zero-order valence-electron chi connectivity index (χ0n) is 15.3. The highest BCUT2D eigenvalue weighted by molar-refractivity contribution is 6.30. The van der Waals surface area contributed by atoms with Gasteiger partial charge in [-0.05, 0) is 48.0 Å². The number of esters is 1. The van der Waals surface area contributed by atoms with E-state index in [4.69, 9.17) is 30.3 Å². The molecule has 0 spiro atoms. The molecule has 0 fully saturated rings. The second-order valence-electron chi connectivity index (χ2n) is 5.74. The summed E-state index contributed by atoms with van der Waals surface area (Å²) in [4.78, 5) is 11.9. The van der Waals surface area contributed by atoms with Crippen LogP contribution in [0.2, 0.25) is 5.02 Å². The van der Waals surface area contributed by atoms with Crippen molar-refractivity contribution >= 4 is 23.6 Å². The molecular formula is C21H18ClNO5. The third kappa shape index (κ3) is 4.92. The first-order valence-corrected chi connectivity index (χ1v) is 8.75. The minimum atomic E-state index is -0.495. The summed E-state index contributed by atoms with van der Waals surface area (Å²) in [7, 11) is 3.11. The maximum absolute atomic E-state index is 11.9. The van der Waals surface area contributed by atoms with E-state index in [1.807, 2.05) is 12.1 Å². The Morgan fingerprint density at radius 1 is 1.07 bits per heavy atom. The van der Waals surface area contributed by atoms with Crippen molar-refractivity contribution in [3.63, 3.8) is 0 Å². The largest absolute Gasteiger partial charge is 0.493 e. The van der Waals surface area contributed by atoms with Gasteiger partial charge in [0.15, 0.2) is 17.3 Å². The standard InChI is InChI=1S/C21H18ClNO5/c1-25-18-9-3-14(11-20(18)26-2)4-10-21(24)27-13-17-12-19(28-23-17)15-5-7-16(22)8-6-15/h3-12H,13H2,1-2H3/b10-4-. The van der Waals surface area contributed by atoms with Crippen LogP contribution in [0.1, 0.15) is 11.3 Å². The Morgan fingerprint density at radius 3 is 2.54 bits per heavy atom. The summed E-state index contributed by atoms with van der Waals surface area (Å²) in [5, 5.41) is 4.54. The fourth-order valence-corrected chi connectivity index (χ4v) is 2.57. The Bertz CT molecular complexity index is 979. The minimum Gasteiger partial charge on any atom is -0.493 e. The lowest BCUT2D eigenvalue weighted by atomic mass is 10.2. The van der Waals surface area contributed by atoms with E-state index in [9.17, 15) is 4.79 Å². The van der Waals surface area contributed by atoms with E-state index in [1.54, 1.807) is 56.7 Å². The fourth-order valence-electron chi connectivity index (χ4n) is 2.44. The van der Waals surface area contributed by atoms with Crippen LogP contribution in [0.4, 0.5) is 0 Å². The van der Waals surface area contributed by atoms with Gasteiger partial charge in [-0.1, -0.05) is 22.8 Å². The molecule has 6 nitrogen and oxygen atoms in total. The average Bonchev–Trinajstić information content (AvgIpc) is 3.20. The number of carbonyl (C=O) groups excluding carboxylic acids is 1. The molecule has 7 heteroatoms. The summed E-state index contributed by atoms with van der Waals surface area (Å²) in [5.41, 5.74) is 2.13. The molecule has 3 aromatic rings. The van der Waals surface area contributed by atoms with Gasteiger partial charge >= 0.3 is 5.97 Å². The van der Waals surface area contributed by atoms with Crippen LogP contribution < -0.4 is 9.47 Å². The predicted octanol–water partition coefficient (Wildman–Crippen LogP) is 4.77. The molecule has 0 aliphatic carbocycles. The molecule has 1 heterocycles. The molecule has 1 aromatic heterocycles. The highest BCUT2D eigenvalue weighted by atomic mass is 35.5. The van der Waals surface area contributed by atoms with Crippen LogP contribution in [0.3, 0.4) is 0 Å². The Kier molecular flexibility index (Phi) is 6.34. The van der Waals surface area contributed by atoms with Crippen LogP contribution >= 0.6 is 11.6 Å². The first kappa shape index (κ1) is 19.5. The highest BCUT2D eigenvalue weighted by Crippen LogP contribution is 2.28. The quantitative estimate of drug-likeness (QED) is 0.421. The van der Waals surface area contributed by atoms with Gasteiger partial charge in [0.2, 0.25) is 0 Å². The number of ether oxygens (including phenoxy) is 3. The second-order valence-corrected chi connectivity index (χ2v) is 6.18. The van der Waals surface area contributed by atoms with E-state index >= 15 is 0 Å². The maximum atomic E-state index is 11.9. The number of hydrogen-bond donors (Lipinski definition) is 0. The van der Waals surface area contributed by atoms with Crippen LogP contribution in [-0.4, -0.2) is 25.3 Å². The molecule has 0 amide bonds. The van der Waals surface area contributed by atoms with Crippen molar-refractivity contribution in [2.45, 2.75) is 6.61 Å². The van der Waals surface area contributed by atoms with Crippen molar-refractivity contribution in [3.05, 3.63) is 70.9 Å². The molecule has 0 radical (unpaired) electrons. The molecule has 0 saturated heterocycles. The lowest BCUT2D eigenvalue weighted by Crippen LogP contribution is -2.00. The van der Waals surface area contributed by atoms with Gasteiger partial charge in [-0.25, -0.2) is 4.79 Å². The first-order chi connectivity index (χ1) is 13.6. The second kappa shape index (κ2) is 9.10. The summed E-state index contributed by atoms with van der Waals surface area (Å²) >= 11 is 5.87. The van der Waals surface area contributed by atoms with E-state index in [-0.39, 0.29) is 6.61 Å². The van der Waals surface area contributed by atoms with Gasteiger partial charge < -0.3 is 18.7 Å². The summed E-state index contributed by atoms with van der Waals surface area (Å²) in [6, 6.07) is 14.2. The SMILES string of the molecule is COc1ccc(/C=C\C(=O)OCc2cc(-c3ccc(Cl)cc3)on2)cc1OC. The molecule has 0 atom stereocenters. The fraction of sp³-hybridized carbons (Fsp3) is 0.143. The van der Waals surface area contributed by atoms with E-state index < -0.39 is 5.97 Å². The van der Waals surface area contributed by atoms with Gasteiger partial charge in [-0.2, -0.15) is 0 Å². The van der Waals surface area contributed by atoms with Crippen LogP contribution in [-0.2, 0) is 16.1 Å². The van der Waals surface area contributed by atoms with Crippen molar-refractivity contribution in [2.75, 3.05) is 14.2 Å². The number of halogens is 1. The number of rotatable bonds is 7. The van der Waals surface area contributed by atoms with E-state index in [0.29, 0.717) is 28.0 Å². The van der Waals surface area contributed by atoms with Crippen molar-refractivity contribution in [1.82, 2.24) is 5.16 Å². The Balaban J connectivity index is 1.57. The molecule has 0 unspecified atom stereocenters. The minimum absolute atomic E-state index is 0.00615. The lowest BCUT2D eigenvalue weighted by molar-refractivity contribution is -0.139. The van der Waals surface area contributed by atoms with Crippen LogP contribution in [0, 0.1) is 0 Å². The van der Waals surface area contributed by atoms with E-state index in [2.05, 4.69) is 5.16 Å². The third-order valence-corrected chi connectivity index (χ3v) is 4.12. The predicted molar refractivity (Wildman–Crippen MR) is 105 cm³/mol. The maximum Gasteiger partial charge on any atom is 0.331 e. The number of hydrogen-bond acceptors (Lipinski definition) is 6. The zero-order valence-corrected chi connectivity index (χ0v) is 16.1. The van der Waals surface area contributed by atoms with Crippen LogP contribution in [0.5, 0.6) is 11.5 Å². The van der Waals surface area contributed by atoms with E-state index in [1.165, 1.54) is 6.08 Å². The van der Waals surface area contributed by atoms with Gasteiger partial charge in [0, 0.05) is 22.7 Å². The highest BCUT2D eigenvalue weighted by Gasteiger charge is 2.09. The van der Waals surface area contributed by atoms with Crippen molar-refractivity contribution in [2.24, 2.45) is 0 Å². The summed E-state index contributed by atoms with van der Waals surface area (Å²) in [5.74, 6) is 1.27. The molecule has 0 saturated carbocycles. The average molecular weight is 400 g/mol. The molecule has 2 aromatic carbocycles. The normalized spacial score (nSPS) is 10.8. The Hall–Kier alpha value is -3.25. The van der Waals surface area contributed by atoms with E-state index in [0.717, 1.165) is 11.1 Å². The van der Waals surface area contributed by atoms with Crippen LogP contribution in [0.15, 0.2) is 59.1 Å². The molecule has 0 aliphatic rings. The van der Waals surface area contributed by atoms with Crippen molar-refractivity contribution < 1.29 is 23.5 Å². The Morgan fingerprint density at radius 2 is 1.82 bits per heavy atom. The number of aromatic nitrogens is 1. The Labute approximate surface area is 167 Å². The monoisotopic (exact) mass is 399 g/mol. The van der Waals surface area contributed by atoms with Gasteiger partial charge in [-0.3, -0.25) is 0 Å². The molecule has 28 heavy (non-hydrogen) atoms. The van der Waals surface area contributed by atoms with Gasteiger partial charge in [-0.15, -0.1) is 0 Å². The summed E-state index contributed by atoms with van der Waals surface area (Å²) < 4.78 is 20.9.